The first-order valence-electron chi connectivity index (χ1n) is 6.37. The molecule has 1 aliphatic heterocycles. The predicted molar refractivity (Wildman–Crippen MR) is 69.5 cm³/mol. The molecule has 3 rings (SSSR count). The maximum Gasteiger partial charge on any atom is 0.127 e. The molecule has 0 spiro atoms. The quantitative estimate of drug-likeness (QED) is 0.895. The van der Waals surface area contributed by atoms with Gasteiger partial charge in [0.25, 0.3) is 0 Å². The third kappa shape index (κ3) is 2.04. The van der Waals surface area contributed by atoms with E-state index < -0.39 is 0 Å². The fourth-order valence-electron chi connectivity index (χ4n) is 2.74. The van der Waals surface area contributed by atoms with Crippen molar-refractivity contribution >= 4 is 11.6 Å². The lowest BCUT2D eigenvalue weighted by Gasteiger charge is -2.22. The fraction of sp³-hybridized carbons (Fsp3) is 0.571. The Labute approximate surface area is 107 Å². The number of benzene rings is 1. The Kier molecular flexibility index (Phi) is 2.80. The van der Waals surface area contributed by atoms with Gasteiger partial charge in [-0.05, 0) is 42.4 Å². The summed E-state index contributed by atoms with van der Waals surface area (Å²) in [5.41, 5.74) is 8.70. The van der Waals surface area contributed by atoms with E-state index in [-0.39, 0.29) is 6.04 Å². The number of ether oxygens (including phenoxy) is 1. The second-order valence-corrected chi connectivity index (χ2v) is 5.74. The van der Waals surface area contributed by atoms with Crippen LogP contribution in [-0.4, -0.2) is 6.61 Å². The molecule has 1 saturated carbocycles. The molecular formula is C14H18ClNO. The van der Waals surface area contributed by atoms with Crippen LogP contribution in [0.2, 0.25) is 5.02 Å². The molecule has 2 atom stereocenters. The van der Waals surface area contributed by atoms with Crippen LogP contribution in [-0.2, 0) is 6.42 Å². The zero-order chi connectivity index (χ0) is 12.0. The number of fused-ring (bicyclic) bond motifs is 1. The second-order valence-electron chi connectivity index (χ2n) is 5.30. The molecule has 1 aromatic rings. The summed E-state index contributed by atoms with van der Waals surface area (Å²) >= 11 is 6.16. The van der Waals surface area contributed by atoms with E-state index in [0.29, 0.717) is 5.92 Å². The highest BCUT2D eigenvalue weighted by atomic mass is 35.5. The number of hydrogen-bond acceptors (Lipinski definition) is 2. The Morgan fingerprint density at radius 2 is 2.18 bits per heavy atom. The van der Waals surface area contributed by atoms with E-state index in [1.165, 1.54) is 18.4 Å². The molecule has 1 aliphatic carbocycles. The van der Waals surface area contributed by atoms with Crippen molar-refractivity contribution < 1.29 is 4.74 Å². The van der Waals surface area contributed by atoms with E-state index in [4.69, 9.17) is 22.1 Å². The van der Waals surface area contributed by atoms with Crippen LogP contribution in [0, 0.1) is 11.8 Å². The van der Waals surface area contributed by atoms with Crippen LogP contribution in [0.25, 0.3) is 0 Å². The molecule has 2 nitrogen and oxygen atoms in total. The molecule has 0 aromatic heterocycles. The topological polar surface area (TPSA) is 35.2 Å². The highest BCUT2D eigenvalue weighted by Crippen LogP contribution is 2.45. The molecule has 0 radical (unpaired) electrons. The van der Waals surface area contributed by atoms with Gasteiger partial charge in [-0.15, -0.1) is 0 Å². The number of halogens is 1. The van der Waals surface area contributed by atoms with Crippen molar-refractivity contribution in [1.29, 1.82) is 0 Å². The first kappa shape index (κ1) is 11.4. The van der Waals surface area contributed by atoms with Gasteiger partial charge in [-0.2, -0.15) is 0 Å². The molecule has 1 heterocycles. The van der Waals surface area contributed by atoms with Gasteiger partial charge in [0.2, 0.25) is 0 Å². The van der Waals surface area contributed by atoms with Crippen LogP contribution in [0.4, 0.5) is 0 Å². The monoisotopic (exact) mass is 251 g/mol. The van der Waals surface area contributed by atoms with Gasteiger partial charge in [0.15, 0.2) is 0 Å². The van der Waals surface area contributed by atoms with Gasteiger partial charge in [0.05, 0.1) is 6.61 Å². The molecule has 0 amide bonds. The third-order valence-electron chi connectivity index (χ3n) is 4.07. The molecule has 2 N–H and O–H groups in total. The minimum absolute atomic E-state index is 0.0491. The lowest BCUT2D eigenvalue weighted by Crippen LogP contribution is -2.21. The summed E-state index contributed by atoms with van der Waals surface area (Å²) in [6, 6.07) is 4.03. The van der Waals surface area contributed by atoms with Crippen molar-refractivity contribution in [3.63, 3.8) is 0 Å². The van der Waals surface area contributed by atoms with E-state index in [1.807, 2.05) is 12.1 Å². The predicted octanol–water partition coefficient (Wildman–Crippen LogP) is 3.32. The van der Waals surface area contributed by atoms with Crippen molar-refractivity contribution in [3.8, 4) is 5.75 Å². The lowest BCUT2D eigenvalue weighted by molar-refractivity contribution is 0.340. The lowest BCUT2D eigenvalue weighted by atomic mass is 9.90. The Bertz CT molecular complexity index is 442. The summed E-state index contributed by atoms with van der Waals surface area (Å²) in [6.07, 6.45) is 3.59. The molecule has 17 heavy (non-hydrogen) atoms. The normalized spacial score (nSPS) is 21.8. The zero-order valence-electron chi connectivity index (χ0n) is 10.1. The van der Waals surface area contributed by atoms with Gasteiger partial charge >= 0.3 is 0 Å². The van der Waals surface area contributed by atoms with Crippen molar-refractivity contribution in [1.82, 2.24) is 0 Å². The molecule has 1 aromatic carbocycles. The van der Waals surface area contributed by atoms with Gasteiger partial charge < -0.3 is 10.5 Å². The highest BCUT2D eigenvalue weighted by molar-refractivity contribution is 6.30. The molecular weight excluding hydrogens is 234 g/mol. The van der Waals surface area contributed by atoms with E-state index in [0.717, 1.165) is 35.3 Å². The molecule has 92 valence electrons. The number of hydrogen-bond donors (Lipinski definition) is 1. The number of nitrogens with two attached hydrogens (primary N) is 1. The average molecular weight is 252 g/mol. The Balaban J connectivity index is 1.96. The van der Waals surface area contributed by atoms with Crippen LogP contribution in [0.15, 0.2) is 12.1 Å². The summed E-state index contributed by atoms with van der Waals surface area (Å²) < 4.78 is 5.72. The number of rotatable bonds is 3. The van der Waals surface area contributed by atoms with Gasteiger partial charge in [0.1, 0.15) is 5.75 Å². The SMILES string of the molecule is CC(C1CC1)C(N)c1cc(Cl)cc2c1OCC2. The van der Waals surface area contributed by atoms with Gasteiger partial charge in [-0.3, -0.25) is 0 Å². The molecule has 3 heteroatoms. The summed E-state index contributed by atoms with van der Waals surface area (Å²) in [7, 11) is 0. The van der Waals surface area contributed by atoms with Gasteiger partial charge in [-0.25, -0.2) is 0 Å². The highest BCUT2D eigenvalue weighted by Gasteiger charge is 2.34. The second kappa shape index (κ2) is 4.18. The summed E-state index contributed by atoms with van der Waals surface area (Å²) in [5.74, 6) is 2.30. The van der Waals surface area contributed by atoms with E-state index in [9.17, 15) is 0 Å². The van der Waals surface area contributed by atoms with Crippen molar-refractivity contribution in [3.05, 3.63) is 28.3 Å². The Morgan fingerprint density at radius 3 is 2.88 bits per heavy atom. The molecule has 2 unspecified atom stereocenters. The first-order valence-corrected chi connectivity index (χ1v) is 6.75. The van der Waals surface area contributed by atoms with Crippen molar-refractivity contribution in [2.24, 2.45) is 17.6 Å². The molecule has 1 fully saturated rings. The summed E-state index contributed by atoms with van der Waals surface area (Å²) in [5, 5.41) is 0.780. The summed E-state index contributed by atoms with van der Waals surface area (Å²) in [6.45, 7) is 3.00. The minimum atomic E-state index is 0.0491. The maximum atomic E-state index is 6.38. The smallest absolute Gasteiger partial charge is 0.127 e. The average Bonchev–Trinajstić information content (AvgIpc) is 3.05. The van der Waals surface area contributed by atoms with Crippen molar-refractivity contribution in [2.75, 3.05) is 6.61 Å². The standard InChI is InChI=1S/C14H18ClNO/c1-8(9-2-3-9)13(16)12-7-11(15)6-10-4-5-17-14(10)12/h6-9,13H,2-5,16H2,1H3. The van der Waals surface area contributed by atoms with Crippen LogP contribution in [0.3, 0.4) is 0 Å². The van der Waals surface area contributed by atoms with E-state index in [1.54, 1.807) is 0 Å². The van der Waals surface area contributed by atoms with Crippen LogP contribution in [0.1, 0.15) is 36.9 Å². The molecule has 0 bridgehead atoms. The zero-order valence-corrected chi connectivity index (χ0v) is 10.8. The first-order chi connectivity index (χ1) is 8.16. The van der Waals surface area contributed by atoms with E-state index in [2.05, 4.69) is 6.92 Å². The summed E-state index contributed by atoms with van der Waals surface area (Å²) in [4.78, 5) is 0. The van der Waals surface area contributed by atoms with Crippen LogP contribution in [0.5, 0.6) is 5.75 Å². The van der Waals surface area contributed by atoms with Crippen LogP contribution >= 0.6 is 11.6 Å². The minimum Gasteiger partial charge on any atom is -0.493 e. The Hall–Kier alpha value is -0.730. The molecule has 0 saturated heterocycles. The fourth-order valence-corrected chi connectivity index (χ4v) is 2.99. The van der Waals surface area contributed by atoms with Gasteiger partial charge in [-0.1, -0.05) is 18.5 Å². The largest absolute Gasteiger partial charge is 0.493 e. The maximum absolute atomic E-state index is 6.38. The van der Waals surface area contributed by atoms with Crippen LogP contribution < -0.4 is 10.5 Å². The van der Waals surface area contributed by atoms with E-state index >= 15 is 0 Å². The van der Waals surface area contributed by atoms with Gasteiger partial charge in [0, 0.05) is 23.0 Å². The molecule has 2 aliphatic rings. The van der Waals surface area contributed by atoms with Crippen molar-refractivity contribution in [2.45, 2.75) is 32.2 Å². The third-order valence-corrected chi connectivity index (χ3v) is 4.29. The Morgan fingerprint density at radius 1 is 1.41 bits per heavy atom.